The van der Waals surface area contributed by atoms with Crippen LogP contribution in [0.3, 0.4) is 0 Å². The Labute approximate surface area is 121 Å². The van der Waals surface area contributed by atoms with E-state index in [9.17, 15) is 0 Å². The Morgan fingerprint density at radius 3 is 3.00 bits per heavy atom. The molecule has 0 aromatic carbocycles. The molecule has 6 nitrogen and oxygen atoms in total. The number of hydrogen-bond donors (Lipinski definition) is 1. The van der Waals surface area contributed by atoms with E-state index in [0.29, 0.717) is 18.1 Å². The third-order valence-electron chi connectivity index (χ3n) is 3.31. The van der Waals surface area contributed by atoms with Crippen molar-refractivity contribution in [2.24, 2.45) is 5.73 Å². The van der Waals surface area contributed by atoms with E-state index < -0.39 is 0 Å². The standard InChI is InChI=1S/C13H18N4O2S/c14-11(8-17-2-4-18-5-3-17)13-15-12(19-16-13)7-10-1-6-20-9-10/h1,6,9,11H,2-5,7-8,14H2. The lowest BCUT2D eigenvalue weighted by molar-refractivity contribution is 0.0348. The van der Waals surface area contributed by atoms with Crippen LogP contribution in [0.5, 0.6) is 0 Å². The first-order valence-electron chi connectivity index (χ1n) is 6.70. The van der Waals surface area contributed by atoms with Gasteiger partial charge in [-0.25, -0.2) is 0 Å². The smallest absolute Gasteiger partial charge is 0.231 e. The maximum absolute atomic E-state index is 6.15. The number of rotatable bonds is 5. The van der Waals surface area contributed by atoms with Gasteiger partial charge in [0.25, 0.3) is 0 Å². The second kappa shape index (κ2) is 6.45. The van der Waals surface area contributed by atoms with Gasteiger partial charge in [0.1, 0.15) is 0 Å². The summed E-state index contributed by atoms with van der Waals surface area (Å²) in [5, 5.41) is 8.12. The van der Waals surface area contributed by atoms with Gasteiger partial charge in [-0.05, 0) is 22.4 Å². The molecule has 2 aromatic rings. The van der Waals surface area contributed by atoms with Crippen LogP contribution in [0.4, 0.5) is 0 Å². The summed E-state index contributed by atoms with van der Waals surface area (Å²) in [5.74, 6) is 1.21. The van der Waals surface area contributed by atoms with E-state index in [4.69, 9.17) is 15.0 Å². The lowest BCUT2D eigenvalue weighted by atomic mass is 10.2. The molecule has 1 saturated heterocycles. The second-order valence-corrected chi connectivity index (χ2v) is 5.65. The van der Waals surface area contributed by atoms with Crippen LogP contribution in [0, 0.1) is 0 Å². The number of aromatic nitrogens is 2. The van der Waals surface area contributed by atoms with Crippen molar-refractivity contribution >= 4 is 11.3 Å². The molecule has 108 valence electrons. The fourth-order valence-corrected chi connectivity index (χ4v) is 2.87. The van der Waals surface area contributed by atoms with Crippen molar-refractivity contribution in [3.8, 4) is 0 Å². The Morgan fingerprint density at radius 1 is 1.40 bits per heavy atom. The summed E-state index contributed by atoms with van der Waals surface area (Å²) in [6.45, 7) is 4.09. The van der Waals surface area contributed by atoms with Crippen molar-refractivity contribution in [2.75, 3.05) is 32.8 Å². The van der Waals surface area contributed by atoms with E-state index in [1.165, 1.54) is 5.56 Å². The Morgan fingerprint density at radius 2 is 2.25 bits per heavy atom. The SMILES string of the molecule is NC(CN1CCOCC1)c1noc(Cc2ccsc2)n1. The van der Waals surface area contributed by atoms with Crippen molar-refractivity contribution in [1.29, 1.82) is 0 Å². The van der Waals surface area contributed by atoms with Gasteiger partial charge in [0.05, 0.1) is 25.7 Å². The molecule has 3 heterocycles. The average molecular weight is 294 g/mol. The lowest BCUT2D eigenvalue weighted by Gasteiger charge is -2.27. The third-order valence-corrected chi connectivity index (χ3v) is 4.04. The molecule has 20 heavy (non-hydrogen) atoms. The number of thiophene rings is 1. The van der Waals surface area contributed by atoms with Gasteiger partial charge in [-0.15, -0.1) is 0 Å². The second-order valence-electron chi connectivity index (χ2n) is 4.87. The first kappa shape index (κ1) is 13.7. The molecule has 1 aliphatic heterocycles. The van der Waals surface area contributed by atoms with Crippen molar-refractivity contribution < 1.29 is 9.26 Å². The Bertz CT molecular complexity index is 522. The van der Waals surface area contributed by atoms with Gasteiger partial charge in [0.2, 0.25) is 5.89 Å². The molecular formula is C13H18N4O2S. The van der Waals surface area contributed by atoms with Crippen molar-refractivity contribution in [3.63, 3.8) is 0 Å². The van der Waals surface area contributed by atoms with Gasteiger partial charge < -0.3 is 15.0 Å². The van der Waals surface area contributed by atoms with E-state index >= 15 is 0 Å². The predicted molar refractivity (Wildman–Crippen MR) is 75.6 cm³/mol. The Kier molecular flexibility index (Phi) is 4.41. The van der Waals surface area contributed by atoms with E-state index in [1.807, 2.05) is 5.38 Å². The average Bonchev–Trinajstić information content (AvgIpc) is 3.12. The molecule has 1 fully saturated rings. The minimum absolute atomic E-state index is 0.215. The molecule has 0 spiro atoms. The van der Waals surface area contributed by atoms with Gasteiger partial charge in [-0.1, -0.05) is 5.16 Å². The van der Waals surface area contributed by atoms with E-state index in [1.54, 1.807) is 11.3 Å². The van der Waals surface area contributed by atoms with E-state index in [2.05, 4.69) is 26.5 Å². The van der Waals surface area contributed by atoms with Crippen LogP contribution in [0.1, 0.15) is 23.3 Å². The molecule has 0 bridgehead atoms. The summed E-state index contributed by atoms with van der Waals surface area (Å²) in [6, 6.07) is 1.84. The largest absolute Gasteiger partial charge is 0.379 e. The Balaban J connectivity index is 1.57. The monoisotopic (exact) mass is 294 g/mol. The summed E-state index contributed by atoms with van der Waals surface area (Å²) in [5.41, 5.74) is 7.33. The molecule has 3 rings (SSSR count). The molecular weight excluding hydrogens is 276 g/mol. The van der Waals surface area contributed by atoms with Crippen LogP contribution in [-0.2, 0) is 11.2 Å². The zero-order chi connectivity index (χ0) is 13.8. The van der Waals surface area contributed by atoms with Crippen molar-refractivity contribution in [1.82, 2.24) is 15.0 Å². The van der Waals surface area contributed by atoms with Crippen LogP contribution in [0.15, 0.2) is 21.3 Å². The highest BCUT2D eigenvalue weighted by Crippen LogP contribution is 2.14. The lowest BCUT2D eigenvalue weighted by Crippen LogP contribution is -2.40. The zero-order valence-electron chi connectivity index (χ0n) is 11.2. The van der Waals surface area contributed by atoms with Gasteiger partial charge >= 0.3 is 0 Å². The molecule has 1 unspecified atom stereocenters. The van der Waals surface area contributed by atoms with E-state index in [-0.39, 0.29) is 6.04 Å². The number of ether oxygens (including phenoxy) is 1. The molecule has 2 aromatic heterocycles. The Hall–Kier alpha value is -1.28. The van der Waals surface area contributed by atoms with Crippen molar-refractivity contribution in [2.45, 2.75) is 12.5 Å². The molecule has 0 saturated carbocycles. The summed E-state index contributed by atoms with van der Waals surface area (Å²) in [4.78, 5) is 6.66. The normalized spacial score (nSPS) is 18.2. The number of morpholine rings is 1. The number of hydrogen-bond acceptors (Lipinski definition) is 7. The maximum Gasteiger partial charge on any atom is 0.231 e. The molecule has 0 amide bonds. The summed E-state index contributed by atoms with van der Waals surface area (Å²) in [7, 11) is 0. The van der Waals surface area contributed by atoms with Gasteiger partial charge in [0.15, 0.2) is 5.82 Å². The van der Waals surface area contributed by atoms with Gasteiger partial charge in [-0.3, -0.25) is 4.90 Å². The molecule has 0 aliphatic carbocycles. The first-order chi connectivity index (χ1) is 9.81. The molecule has 1 aliphatic rings. The van der Waals surface area contributed by atoms with Crippen LogP contribution < -0.4 is 5.73 Å². The predicted octanol–water partition coefficient (Wildman–Crippen LogP) is 1.05. The fraction of sp³-hybridized carbons (Fsp3) is 0.538. The molecule has 1 atom stereocenters. The molecule has 7 heteroatoms. The van der Waals surface area contributed by atoms with Crippen LogP contribution >= 0.6 is 11.3 Å². The topological polar surface area (TPSA) is 77.4 Å². The number of nitrogens with zero attached hydrogens (tertiary/aromatic N) is 3. The van der Waals surface area contributed by atoms with Gasteiger partial charge in [-0.2, -0.15) is 16.3 Å². The summed E-state index contributed by atoms with van der Waals surface area (Å²) in [6.07, 6.45) is 0.667. The highest BCUT2D eigenvalue weighted by molar-refractivity contribution is 7.07. The molecule has 2 N–H and O–H groups in total. The third kappa shape index (κ3) is 3.43. The quantitative estimate of drug-likeness (QED) is 0.888. The van der Waals surface area contributed by atoms with Crippen LogP contribution in [0.2, 0.25) is 0 Å². The highest BCUT2D eigenvalue weighted by Gasteiger charge is 2.19. The first-order valence-corrected chi connectivity index (χ1v) is 7.65. The fourth-order valence-electron chi connectivity index (χ4n) is 2.20. The number of nitrogens with two attached hydrogens (primary N) is 1. The van der Waals surface area contributed by atoms with E-state index in [0.717, 1.165) is 32.8 Å². The van der Waals surface area contributed by atoms with Gasteiger partial charge in [0, 0.05) is 19.6 Å². The zero-order valence-corrected chi connectivity index (χ0v) is 12.0. The van der Waals surface area contributed by atoms with Crippen molar-refractivity contribution in [3.05, 3.63) is 34.1 Å². The molecule has 0 radical (unpaired) electrons. The maximum atomic E-state index is 6.15. The van der Waals surface area contributed by atoms with Crippen LogP contribution in [-0.4, -0.2) is 47.9 Å². The van der Waals surface area contributed by atoms with Crippen LogP contribution in [0.25, 0.3) is 0 Å². The summed E-state index contributed by atoms with van der Waals surface area (Å²) < 4.78 is 10.6. The minimum Gasteiger partial charge on any atom is -0.379 e. The highest BCUT2D eigenvalue weighted by atomic mass is 32.1. The summed E-state index contributed by atoms with van der Waals surface area (Å²) >= 11 is 1.66. The minimum atomic E-state index is -0.215.